The van der Waals surface area contributed by atoms with E-state index in [4.69, 9.17) is 11.6 Å². The summed E-state index contributed by atoms with van der Waals surface area (Å²) in [7, 11) is 0. The number of likely N-dealkylation sites (N-methyl/N-ethyl adjacent to an activating group) is 1. The van der Waals surface area contributed by atoms with Crippen molar-refractivity contribution in [2.75, 3.05) is 11.4 Å². The number of nitrogens with zero attached hydrogens (tertiary/aromatic N) is 2. The van der Waals surface area contributed by atoms with E-state index >= 15 is 0 Å². The fraction of sp³-hybridized carbons (Fsp3) is 0.261. The van der Waals surface area contributed by atoms with Crippen LogP contribution in [-0.4, -0.2) is 12.1 Å². The van der Waals surface area contributed by atoms with Gasteiger partial charge in [0.05, 0.1) is 17.2 Å². The molecule has 1 aliphatic rings. The molecule has 1 heterocycles. The number of halogens is 1. The predicted octanol–water partition coefficient (Wildman–Crippen LogP) is 6.43. The molecular formula is C23H23ClN2. The van der Waals surface area contributed by atoms with E-state index in [2.05, 4.69) is 50.8 Å². The molecule has 0 fully saturated rings. The van der Waals surface area contributed by atoms with Gasteiger partial charge in [0.2, 0.25) is 0 Å². The minimum Gasteiger partial charge on any atom is -0.363 e. The Morgan fingerprint density at radius 1 is 1.23 bits per heavy atom. The Balaban J connectivity index is 2.14. The number of allylic oxidation sites excluding steroid dienone is 2. The second kappa shape index (κ2) is 7.02. The Labute approximate surface area is 161 Å². The van der Waals surface area contributed by atoms with Crippen LogP contribution in [0, 0.1) is 11.3 Å². The van der Waals surface area contributed by atoms with Crippen molar-refractivity contribution in [3.63, 3.8) is 0 Å². The minimum absolute atomic E-state index is 0.0473. The van der Waals surface area contributed by atoms with E-state index in [1.54, 1.807) is 0 Å². The highest BCUT2D eigenvalue weighted by molar-refractivity contribution is 6.32. The van der Waals surface area contributed by atoms with Crippen molar-refractivity contribution < 1.29 is 0 Å². The zero-order valence-corrected chi connectivity index (χ0v) is 16.4. The molecular weight excluding hydrogens is 340 g/mol. The first kappa shape index (κ1) is 18.3. The average Bonchev–Trinajstić information content (AvgIpc) is 2.60. The second-order valence-corrected chi connectivity index (χ2v) is 7.56. The molecule has 2 aromatic carbocycles. The van der Waals surface area contributed by atoms with Gasteiger partial charge in [0.1, 0.15) is 0 Å². The van der Waals surface area contributed by atoms with Crippen molar-refractivity contribution in [1.82, 2.24) is 0 Å². The van der Waals surface area contributed by atoms with E-state index in [-0.39, 0.29) is 5.54 Å². The Morgan fingerprint density at radius 3 is 2.54 bits per heavy atom. The number of rotatable bonds is 3. The van der Waals surface area contributed by atoms with Crippen LogP contribution in [0.3, 0.4) is 0 Å². The average molecular weight is 363 g/mol. The number of hydrogen-bond donors (Lipinski definition) is 0. The topological polar surface area (TPSA) is 27.0 Å². The first-order valence-electron chi connectivity index (χ1n) is 8.85. The van der Waals surface area contributed by atoms with E-state index in [0.29, 0.717) is 10.6 Å². The lowest BCUT2D eigenvalue weighted by atomic mass is 9.87. The standard InChI is InChI=1S/C23H23ClN2/c1-5-26-22-13-21(24)18(12-20(22)16(2)14-23(26,3)4)11-19(15-25)17-9-7-6-8-10-17/h6-14H,5H2,1-4H3/b19-11-. The van der Waals surface area contributed by atoms with Crippen molar-refractivity contribution in [1.29, 1.82) is 5.26 Å². The summed E-state index contributed by atoms with van der Waals surface area (Å²) in [6.07, 6.45) is 4.17. The first-order chi connectivity index (χ1) is 12.4. The third-order valence-electron chi connectivity index (χ3n) is 4.92. The van der Waals surface area contributed by atoms with E-state index in [1.165, 1.54) is 11.1 Å². The summed E-state index contributed by atoms with van der Waals surface area (Å²) in [5, 5.41) is 10.3. The highest BCUT2D eigenvalue weighted by Gasteiger charge is 2.30. The molecule has 0 amide bonds. The van der Waals surface area contributed by atoms with Gasteiger partial charge in [-0.15, -0.1) is 0 Å². The van der Waals surface area contributed by atoms with Crippen LogP contribution >= 0.6 is 11.6 Å². The molecule has 1 aliphatic heterocycles. The maximum absolute atomic E-state index is 9.59. The van der Waals surface area contributed by atoms with Crippen molar-refractivity contribution in [2.45, 2.75) is 33.2 Å². The van der Waals surface area contributed by atoms with Crippen LogP contribution in [0.2, 0.25) is 5.02 Å². The summed E-state index contributed by atoms with van der Waals surface area (Å²) in [6, 6.07) is 16.1. The van der Waals surface area contributed by atoms with Gasteiger partial charge >= 0.3 is 0 Å². The number of benzene rings is 2. The van der Waals surface area contributed by atoms with Gasteiger partial charge in [-0.1, -0.05) is 48.0 Å². The summed E-state index contributed by atoms with van der Waals surface area (Å²) in [5.74, 6) is 0. The van der Waals surface area contributed by atoms with Crippen molar-refractivity contribution >= 4 is 34.5 Å². The van der Waals surface area contributed by atoms with Crippen molar-refractivity contribution in [2.24, 2.45) is 0 Å². The molecule has 0 radical (unpaired) electrons. The van der Waals surface area contributed by atoms with E-state index < -0.39 is 0 Å². The summed E-state index contributed by atoms with van der Waals surface area (Å²) >= 11 is 6.61. The quantitative estimate of drug-likeness (QED) is 0.465. The Morgan fingerprint density at radius 2 is 1.92 bits per heavy atom. The molecule has 0 atom stereocenters. The van der Waals surface area contributed by atoms with Crippen LogP contribution in [0.5, 0.6) is 0 Å². The molecule has 0 N–H and O–H groups in total. The highest BCUT2D eigenvalue weighted by atomic mass is 35.5. The molecule has 3 rings (SSSR count). The SMILES string of the molecule is CCN1c2cc(Cl)c(/C=C(/C#N)c3ccccc3)cc2C(C)=CC1(C)C. The molecule has 0 saturated carbocycles. The molecule has 0 unspecified atom stereocenters. The molecule has 0 aliphatic carbocycles. The van der Waals surface area contributed by atoms with Gasteiger partial charge in [0, 0.05) is 22.8 Å². The monoisotopic (exact) mass is 362 g/mol. The van der Waals surface area contributed by atoms with Gasteiger partial charge in [0.25, 0.3) is 0 Å². The normalized spacial score (nSPS) is 15.9. The molecule has 132 valence electrons. The fourth-order valence-electron chi connectivity index (χ4n) is 3.76. The number of anilines is 1. The molecule has 0 aromatic heterocycles. The summed E-state index contributed by atoms with van der Waals surface area (Å²) < 4.78 is 0. The van der Waals surface area contributed by atoms with Gasteiger partial charge in [0.15, 0.2) is 0 Å². The smallest absolute Gasteiger partial charge is 0.0998 e. The summed E-state index contributed by atoms with van der Waals surface area (Å²) in [4.78, 5) is 2.36. The highest BCUT2D eigenvalue weighted by Crippen LogP contribution is 2.41. The Kier molecular flexibility index (Phi) is 4.94. The number of nitriles is 1. The fourth-order valence-corrected chi connectivity index (χ4v) is 3.97. The van der Waals surface area contributed by atoms with E-state index in [9.17, 15) is 5.26 Å². The van der Waals surface area contributed by atoms with Crippen LogP contribution < -0.4 is 4.90 Å². The van der Waals surface area contributed by atoms with Crippen LogP contribution in [-0.2, 0) is 0 Å². The van der Waals surface area contributed by atoms with E-state index in [1.807, 2.05) is 42.5 Å². The van der Waals surface area contributed by atoms with E-state index in [0.717, 1.165) is 23.4 Å². The first-order valence-corrected chi connectivity index (χ1v) is 9.23. The third kappa shape index (κ3) is 3.28. The second-order valence-electron chi connectivity index (χ2n) is 7.15. The molecule has 2 nitrogen and oxygen atoms in total. The maximum atomic E-state index is 9.59. The van der Waals surface area contributed by atoms with Crippen LogP contribution in [0.1, 0.15) is 44.4 Å². The molecule has 2 aromatic rings. The maximum Gasteiger partial charge on any atom is 0.0998 e. The molecule has 3 heteroatoms. The zero-order valence-electron chi connectivity index (χ0n) is 15.7. The Bertz CT molecular complexity index is 931. The molecule has 0 saturated heterocycles. The Hall–Kier alpha value is -2.50. The van der Waals surface area contributed by atoms with Gasteiger partial charge in [-0.3, -0.25) is 0 Å². The van der Waals surface area contributed by atoms with Crippen molar-refractivity contribution in [3.05, 3.63) is 70.3 Å². The van der Waals surface area contributed by atoms with Crippen LogP contribution in [0.4, 0.5) is 5.69 Å². The van der Waals surface area contributed by atoms with Crippen LogP contribution in [0.25, 0.3) is 17.2 Å². The van der Waals surface area contributed by atoms with Gasteiger partial charge in [-0.2, -0.15) is 5.26 Å². The van der Waals surface area contributed by atoms with Gasteiger partial charge in [-0.05, 0) is 62.6 Å². The number of hydrogen-bond acceptors (Lipinski definition) is 2. The molecule has 0 spiro atoms. The lowest BCUT2D eigenvalue weighted by molar-refractivity contribution is 0.566. The van der Waals surface area contributed by atoms with Crippen molar-refractivity contribution in [3.8, 4) is 6.07 Å². The predicted molar refractivity (Wildman–Crippen MR) is 112 cm³/mol. The zero-order chi connectivity index (χ0) is 18.9. The molecule has 0 bridgehead atoms. The lowest BCUT2D eigenvalue weighted by Crippen LogP contribution is -2.44. The summed E-state index contributed by atoms with van der Waals surface area (Å²) in [6.45, 7) is 9.63. The minimum atomic E-state index is -0.0473. The summed E-state index contributed by atoms with van der Waals surface area (Å²) in [5.41, 5.74) is 5.89. The number of fused-ring (bicyclic) bond motifs is 1. The lowest BCUT2D eigenvalue weighted by Gasteiger charge is -2.43. The van der Waals surface area contributed by atoms with Crippen LogP contribution in [0.15, 0.2) is 48.5 Å². The third-order valence-corrected chi connectivity index (χ3v) is 5.24. The van der Waals surface area contributed by atoms with Gasteiger partial charge in [-0.25, -0.2) is 0 Å². The molecule has 26 heavy (non-hydrogen) atoms. The largest absolute Gasteiger partial charge is 0.363 e. The van der Waals surface area contributed by atoms with Gasteiger partial charge < -0.3 is 4.90 Å².